The zero-order valence-electron chi connectivity index (χ0n) is 22.5. The Morgan fingerprint density at radius 1 is 1.13 bits per heavy atom. The summed E-state index contributed by atoms with van der Waals surface area (Å²) in [6.45, 7) is -0.622. The second-order valence-electron chi connectivity index (χ2n) is 10.2. The van der Waals surface area contributed by atoms with Crippen LogP contribution in [-0.2, 0) is 38.4 Å². The number of hydroxylamine groups is 2. The summed E-state index contributed by atoms with van der Waals surface area (Å²) in [4.78, 5) is 90.8. The molecule has 3 fully saturated rings. The van der Waals surface area contributed by atoms with Gasteiger partial charge in [0.05, 0.1) is 18.1 Å². The smallest absolute Gasteiger partial charge is 0.372 e. The Hall–Kier alpha value is -5.70. The van der Waals surface area contributed by atoms with E-state index in [9.17, 15) is 49.2 Å². The number of hydrogen-bond acceptors (Lipinski definition) is 15. The van der Waals surface area contributed by atoms with Crippen molar-refractivity contribution in [2.45, 2.75) is 42.7 Å². The van der Waals surface area contributed by atoms with Crippen LogP contribution in [0.4, 0.5) is 5.13 Å². The largest absolute Gasteiger partial charge is 0.504 e. The average molecular weight is 648 g/mol. The fourth-order valence-electron chi connectivity index (χ4n) is 4.76. The topological polar surface area (TPSA) is 287 Å². The predicted octanol–water partition coefficient (Wildman–Crippen LogP) is -1.88. The molecule has 3 aliphatic rings. The number of nitrogens with one attached hydrogen (secondary N) is 1. The maximum atomic E-state index is 13.4. The first-order valence-electron chi connectivity index (χ1n) is 12.9. The normalized spacial score (nSPS) is 24.1. The molecule has 2 unspecified atom stereocenters. The number of imidazole rings is 1. The zero-order valence-corrected chi connectivity index (χ0v) is 23.3. The monoisotopic (exact) mass is 647 g/mol. The number of nitrogens with two attached hydrogens (primary N) is 1. The first-order chi connectivity index (χ1) is 21.3. The minimum Gasteiger partial charge on any atom is -0.504 e. The third kappa shape index (κ3) is 4.73. The van der Waals surface area contributed by atoms with E-state index in [1.807, 2.05) is 0 Å². The maximum Gasteiger partial charge on any atom is 0.372 e. The van der Waals surface area contributed by atoms with E-state index in [0.717, 1.165) is 38.8 Å². The SMILES string of the molecule is Nc1nc(/C(=N/OC2(C(=O)O)CC2)C(=O)N[C@H]2CON(C3(C(=O)O)CC(n4cc5cc(O)c(O)cn5c4=O)C(=O)O3)C2=O)cs1. The molecule has 3 aromatic rings. The van der Waals surface area contributed by atoms with E-state index in [1.54, 1.807) is 0 Å². The molecule has 20 nitrogen and oxygen atoms in total. The van der Waals surface area contributed by atoms with Crippen molar-refractivity contribution in [3.05, 3.63) is 40.0 Å². The highest BCUT2D eigenvalue weighted by molar-refractivity contribution is 7.13. The number of carboxylic acid groups (broad SMARTS) is 2. The molecule has 21 heteroatoms. The Morgan fingerprint density at radius 2 is 1.87 bits per heavy atom. The molecule has 0 aromatic carbocycles. The number of carboxylic acids is 2. The van der Waals surface area contributed by atoms with Gasteiger partial charge in [0.25, 0.3) is 11.8 Å². The van der Waals surface area contributed by atoms with E-state index in [-0.39, 0.29) is 34.2 Å². The fourth-order valence-corrected chi connectivity index (χ4v) is 5.31. The van der Waals surface area contributed by atoms with Gasteiger partial charge in [-0.1, -0.05) is 5.16 Å². The van der Waals surface area contributed by atoms with Crippen LogP contribution in [0.2, 0.25) is 0 Å². The molecule has 0 radical (unpaired) electrons. The van der Waals surface area contributed by atoms with Gasteiger partial charge in [-0.15, -0.1) is 11.3 Å². The van der Waals surface area contributed by atoms with Crippen LogP contribution in [0.25, 0.3) is 5.52 Å². The van der Waals surface area contributed by atoms with Crippen molar-refractivity contribution >= 4 is 57.4 Å². The molecule has 0 bridgehead atoms. The van der Waals surface area contributed by atoms with Crippen molar-refractivity contribution in [3.8, 4) is 11.5 Å². The van der Waals surface area contributed by atoms with Crippen LogP contribution < -0.4 is 16.7 Å². The number of cyclic esters (lactones) is 1. The first kappa shape index (κ1) is 29.4. The van der Waals surface area contributed by atoms with Gasteiger partial charge in [-0.2, -0.15) is 5.06 Å². The molecule has 0 spiro atoms. The summed E-state index contributed by atoms with van der Waals surface area (Å²) in [5.41, 5.74) is -0.211. The molecule has 3 aromatic heterocycles. The number of aromatic nitrogens is 3. The molecule has 2 amide bonds. The van der Waals surface area contributed by atoms with Gasteiger partial charge in [0.15, 0.2) is 22.3 Å². The van der Waals surface area contributed by atoms with Crippen LogP contribution in [0.3, 0.4) is 0 Å². The third-order valence-electron chi connectivity index (χ3n) is 7.34. The van der Waals surface area contributed by atoms with Crippen molar-refractivity contribution < 1.29 is 58.8 Å². The van der Waals surface area contributed by atoms with Crippen molar-refractivity contribution in [1.29, 1.82) is 0 Å². The van der Waals surface area contributed by atoms with Crippen molar-refractivity contribution in [2.24, 2.45) is 5.16 Å². The number of nitrogens with zero attached hydrogens (tertiary/aromatic N) is 5. The van der Waals surface area contributed by atoms with Crippen LogP contribution in [0.5, 0.6) is 11.5 Å². The fraction of sp³-hybridized carbons (Fsp3) is 0.333. The number of hydrogen-bond donors (Lipinski definition) is 6. The molecule has 2 saturated heterocycles. The van der Waals surface area contributed by atoms with Crippen LogP contribution in [-0.4, -0.2) is 98.8 Å². The number of nitrogen functional groups attached to an aromatic ring is 1. The van der Waals surface area contributed by atoms with E-state index in [1.165, 1.54) is 5.38 Å². The number of oxime groups is 1. The molecule has 236 valence electrons. The highest BCUT2D eigenvalue weighted by atomic mass is 32.1. The number of carbonyl (C=O) groups is 5. The van der Waals surface area contributed by atoms with E-state index in [4.69, 9.17) is 20.1 Å². The number of thiazole rings is 1. The van der Waals surface area contributed by atoms with E-state index in [2.05, 4.69) is 15.5 Å². The molecule has 3 atom stereocenters. The third-order valence-corrected chi connectivity index (χ3v) is 8.02. The highest BCUT2D eigenvalue weighted by Crippen LogP contribution is 2.41. The van der Waals surface area contributed by atoms with Gasteiger partial charge >= 0.3 is 29.3 Å². The Labute approximate surface area is 252 Å². The molecule has 6 rings (SSSR count). The lowest BCUT2D eigenvalue weighted by Crippen LogP contribution is -2.57. The van der Waals surface area contributed by atoms with Gasteiger partial charge in [0, 0.05) is 30.5 Å². The van der Waals surface area contributed by atoms with Crippen LogP contribution in [0.15, 0.2) is 33.8 Å². The number of carbonyl (C=O) groups excluding carboxylic acids is 3. The summed E-state index contributed by atoms with van der Waals surface area (Å²) in [5.74, 6) is -7.76. The maximum absolute atomic E-state index is 13.4. The van der Waals surface area contributed by atoms with Crippen molar-refractivity contribution in [3.63, 3.8) is 0 Å². The summed E-state index contributed by atoms with van der Waals surface area (Å²) in [6, 6.07) is -2.10. The summed E-state index contributed by atoms with van der Waals surface area (Å²) < 4.78 is 6.86. The molecule has 1 saturated carbocycles. The van der Waals surface area contributed by atoms with Gasteiger partial charge in [-0.3, -0.25) is 23.4 Å². The Kier molecular flexibility index (Phi) is 6.65. The van der Waals surface area contributed by atoms with Gasteiger partial charge in [0.2, 0.25) is 5.60 Å². The molecular formula is C24H21N7O13S. The second-order valence-corrected chi connectivity index (χ2v) is 11.1. The van der Waals surface area contributed by atoms with Gasteiger partial charge in [0.1, 0.15) is 24.4 Å². The number of rotatable bonds is 9. The number of fused-ring (bicyclic) bond motifs is 1. The number of aliphatic carboxylic acids is 2. The molecular weight excluding hydrogens is 626 g/mol. The van der Waals surface area contributed by atoms with Gasteiger partial charge in [-0.25, -0.2) is 24.2 Å². The van der Waals surface area contributed by atoms with Crippen LogP contribution >= 0.6 is 11.3 Å². The minimum atomic E-state index is -2.76. The van der Waals surface area contributed by atoms with E-state index in [0.29, 0.717) is 0 Å². The molecule has 5 heterocycles. The van der Waals surface area contributed by atoms with Crippen molar-refractivity contribution in [2.75, 3.05) is 12.3 Å². The van der Waals surface area contributed by atoms with Crippen LogP contribution in [0, 0.1) is 0 Å². The molecule has 7 N–H and O–H groups in total. The number of esters is 1. The lowest BCUT2D eigenvalue weighted by atomic mass is 10.1. The number of pyridine rings is 1. The van der Waals surface area contributed by atoms with Gasteiger partial charge < -0.3 is 41.1 Å². The quantitative estimate of drug-likeness (QED) is 0.0841. The number of amides is 2. The standard InChI is InChI=1S/C24H21N7O13S/c25-21-27-11(8-45-21)15(28-44-23(1-2-23)19(37)38)16(34)26-10-7-42-31(17(10)35)24(20(39)40)4-12(18(36)43-24)30-5-9-3-13(32)14(33)6-29(9)22(30)41/h3,5-6,8,10,12,32-33H,1-2,4,7H2,(H2,25,27)(H,26,34)(H,37,38)(H,39,40)/b28-15-/t10-,12?,24?/m0/s1. The Bertz CT molecular complexity index is 1890. The average Bonchev–Trinajstić information content (AvgIpc) is 3.15. The summed E-state index contributed by atoms with van der Waals surface area (Å²) in [7, 11) is 0. The summed E-state index contributed by atoms with van der Waals surface area (Å²) in [5, 5.41) is 46.6. The van der Waals surface area contributed by atoms with Crippen LogP contribution in [0.1, 0.15) is 31.0 Å². The Balaban J connectivity index is 1.24. The lowest BCUT2D eigenvalue weighted by molar-refractivity contribution is -0.256. The highest BCUT2D eigenvalue weighted by Gasteiger charge is 2.63. The summed E-state index contributed by atoms with van der Waals surface area (Å²) in [6.07, 6.45) is 1.47. The van der Waals surface area contributed by atoms with E-state index < -0.39 is 89.1 Å². The van der Waals surface area contributed by atoms with Crippen molar-refractivity contribution in [1.82, 2.24) is 24.3 Å². The molecule has 2 aliphatic heterocycles. The number of anilines is 1. The first-order valence-corrected chi connectivity index (χ1v) is 13.7. The predicted molar refractivity (Wildman–Crippen MR) is 144 cm³/mol. The molecule has 45 heavy (non-hydrogen) atoms. The molecule has 1 aliphatic carbocycles. The minimum absolute atomic E-state index is 0.0427. The second kappa shape index (κ2) is 10.2. The summed E-state index contributed by atoms with van der Waals surface area (Å²) >= 11 is 0.940. The van der Waals surface area contributed by atoms with Gasteiger partial charge in [-0.05, 0) is 0 Å². The number of aromatic hydroxyl groups is 2. The van der Waals surface area contributed by atoms with E-state index >= 15 is 0 Å². The Morgan fingerprint density at radius 3 is 2.49 bits per heavy atom. The number of ether oxygens (including phenoxy) is 1. The lowest BCUT2D eigenvalue weighted by Gasteiger charge is -2.30. The zero-order chi connectivity index (χ0) is 32.4.